The summed E-state index contributed by atoms with van der Waals surface area (Å²) < 4.78 is 9.64. The lowest BCUT2D eigenvalue weighted by Gasteiger charge is -2.03. The van der Waals surface area contributed by atoms with Gasteiger partial charge in [-0.3, -0.25) is 9.59 Å². The zero-order chi connectivity index (χ0) is 14.1. The molecule has 6 nitrogen and oxygen atoms in total. The van der Waals surface area contributed by atoms with Crippen molar-refractivity contribution in [3.63, 3.8) is 0 Å². The van der Waals surface area contributed by atoms with Crippen molar-refractivity contribution >= 4 is 23.7 Å². The number of rotatable bonds is 7. The molecule has 7 heteroatoms. The molecule has 1 heterocycles. The number of hydrogen-bond donors (Lipinski definition) is 0. The molecule has 0 bridgehead atoms. The molecule has 0 unspecified atom stereocenters. The second-order valence-electron chi connectivity index (χ2n) is 3.41. The molecular formula is C12H16N2O4S. The Kier molecular flexibility index (Phi) is 6.88. The summed E-state index contributed by atoms with van der Waals surface area (Å²) in [5, 5.41) is 0.440. The third-order valence-electron chi connectivity index (χ3n) is 1.95. The molecule has 104 valence electrons. The van der Waals surface area contributed by atoms with Crippen LogP contribution in [0.1, 0.15) is 19.5 Å². The van der Waals surface area contributed by atoms with Crippen LogP contribution in [0.25, 0.3) is 0 Å². The van der Waals surface area contributed by atoms with Crippen molar-refractivity contribution in [3.05, 3.63) is 18.0 Å². The number of ether oxygens (including phenoxy) is 2. The van der Waals surface area contributed by atoms with Crippen molar-refractivity contribution in [3.8, 4) is 0 Å². The van der Waals surface area contributed by atoms with Gasteiger partial charge in [-0.2, -0.15) is 0 Å². The fourth-order valence-corrected chi connectivity index (χ4v) is 1.88. The quantitative estimate of drug-likeness (QED) is 0.423. The predicted molar refractivity (Wildman–Crippen MR) is 69.7 cm³/mol. The average molecular weight is 284 g/mol. The Bertz CT molecular complexity index is 439. The van der Waals surface area contributed by atoms with Crippen LogP contribution in [0.2, 0.25) is 0 Å². The molecule has 0 spiro atoms. The van der Waals surface area contributed by atoms with Gasteiger partial charge in [-0.05, 0) is 19.9 Å². The predicted octanol–water partition coefficient (Wildman–Crippen LogP) is 1.24. The van der Waals surface area contributed by atoms with Crippen LogP contribution in [0.5, 0.6) is 0 Å². The summed E-state index contributed by atoms with van der Waals surface area (Å²) in [7, 11) is 0. The first-order valence-corrected chi connectivity index (χ1v) is 6.90. The molecule has 0 aliphatic carbocycles. The summed E-state index contributed by atoms with van der Waals surface area (Å²) in [6.07, 6.45) is 1.65. The zero-order valence-electron chi connectivity index (χ0n) is 10.9. The number of hydrogen-bond acceptors (Lipinski definition) is 7. The first-order chi connectivity index (χ1) is 9.15. The second-order valence-corrected chi connectivity index (χ2v) is 4.35. The molecule has 0 N–H and O–H groups in total. The maximum atomic E-state index is 11.3. The molecule has 0 fully saturated rings. The van der Waals surface area contributed by atoms with Gasteiger partial charge in [0.15, 0.2) is 5.16 Å². The van der Waals surface area contributed by atoms with Gasteiger partial charge in [-0.25, -0.2) is 9.97 Å². The van der Waals surface area contributed by atoms with E-state index < -0.39 is 0 Å². The number of esters is 2. The second kappa shape index (κ2) is 8.47. The molecule has 1 aromatic rings. The van der Waals surface area contributed by atoms with Gasteiger partial charge in [0.2, 0.25) is 0 Å². The number of aromatic nitrogens is 2. The number of carbonyl (C=O) groups is 2. The van der Waals surface area contributed by atoms with E-state index in [2.05, 4.69) is 9.97 Å². The molecule has 0 radical (unpaired) electrons. The van der Waals surface area contributed by atoms with Crippen molar-refractivity contribution in [2.45, 2.75) is 25.4 Å². The van der Waals surface area contributed by atoms with Crippen LogP contribution >= 0.6 is 11.8 Å². The molecule has 1 rings (SSSR count). The molecule has 0 saturated heterocycles. The molecule has 0 amide bonds. The summed E-state index contributed by atoms with van der Waals surface area (Å²) >= 11 is 1.17. The highest BCUT2D eigenvalue weighted by molar-refractivity contribution is 7.99. The first-order valence-electron chi connectivity index (χ1n) is 5.91. The number of nitrogens with zero attached hydrogens (tertiary/aromatic N) is 2. The van der Waals surface area contributed by atoms with E-state index in [4.69, 9.17) is 9.47 Å². The highest BCUT2D eigenvalue weighted by Crippen LogP contribution is 2.13. The zero-order valence-corrected chi connectivity index (χ0v) is 11.7. The van der Waals surface area contributed by atoms with Gasteiger partial charge in [-0.1, -0.05) is 11.8 Å². The van der Waals surface area contributed by atoms with Crippen LogP contribution in [0.15, 0.2) is 17.4 Å². The smallest absolute Gasteiger partial charge is 0.316 e. The number of carbonyl (C=O) groups excluding carboxylic acids is 2. The third-order valence-corrected chi connectivity index (χ3v) is 2.78. The molecule has 0 saturated carbocycles. The average Bonchev–Trinajstić information content (AvgIpc) is 2.37. The minimum Gasteiger partial charge on any atom is -0.466 e. The van der Waals surface area contributed by atoms with Crippen LogP contribution < -0.4 is 0 Å². The topological polar surface area (TPSA) is 78.4 Å². The Morgan fingerprint density at radius 2 is 1.89 bits per heavy atom. The lowest BCUT2D eigenvalue weighted by molar-refractivity contribution is -0.142. The molecular weight excluding hydrogens is 268 g/mol. The Morgan fingerprint density at radius 1 is 1.21 bits per heavy atom. The van der Waals surface area contributed by atoms with Crippen LogP contribution in [0, 0.1) is 0 Å². The maximum absolute atomic E-state index is 11.3. The van der Waals surface area contributed by atoms with Crippen LogP contribution in [-0.4, -0.2) is 40.9 Å². The summed E-state index contributed by atoms with van der Waals surface area (Å²) in [5.74, 6) is -0.495. The van der Waals surface area contributed by atoms with Crippen LogP contribution in [-0.2, 0) is 25.5 Å². The minimum absolute atomic E-state index is 0.101. The van der Waals surface area contributed by atoms with Crippen LogP contribution in [0.3, 0.4) is 0 Å². The summed E-state index contributed by atoms with van der Waals surface area (Å²) in [6.45, 7) is 4.19. The minimum atomic E-state index is -0.331. The van der Waals surface area contributed by atoms with Crippen molar-refractivity contribution in [1.29, 1.82) is 0 Å². The highest BCUT2D eigenvalue weighted by atomic mass is 32.2. The van der Waals surface area contributed by atoms with E-state index in [1.165, 1.54) is 11.8 Å². The third kappa shape index (κ3) is 6.19. The molecule has 1 aromatic heterocycles. The summed E-state index contributed by atoms with van der Waals surface area (Å²) in [6, 6.07) is 1.64. The van der Waals surface area contributed by atoms with Crippen molar-refractivity contribution in [1.82, 2.24) is 9.97 Å². The van der Waals surface area contributed by atoms with Crippen molar-refractivity contribution in [2.24, 2.45) is 0 Å². The molecule has 0 aromatic carbocycles. The van der Waals surface area contributed by atoms with Gasteiger partial charge >= 0.3 is 11.9 Å². The van der Waals surface area contributed by atoms with E-state index in [1.807, 2.05) is 0 Å². The van der Waals surface area contributed by atoms with Gasteiger partial charge in [0.1, 0.15) is 0 Å². The summed E-state index contributed by atoms with van der Waals surface area (Å²) in [5.41, 5.74) is 0.569. The van der Waals surface area contributed by atoms with E-state index in [1.54, 1.807) is 26.1 Å². The molecule has 0 aliphatic heterocycles. The Morgan fingerprint density at radius 3 is 2.58 bits per heavy atom. The van der Waals surface area contributed by atoms with Crippen LogP contribution in [0.4, 0.5) is 0 Å². The Balaban J connectivity index is 2.52. The van der Waals surface area contributed by atoms with Gasteiger partial charge in [0.25, 0.3) is 0 Å². The van der Waals surface area contributed by atoms with E-state index in [9.17, 15) is 9.59 Å². The largest absolute Gasteiger partial charge is 0.466 e. The van der Waals surface area contributed by atoms with Gasteiger partial charge in [-0.15, -0.1) is 0 Å². The summed E-state index contributed by atoms with van der Waals surface area (Å²) in [4.78, 5) is 30.7. The highest BCUT2D eigenvalue weighted by Gasteiger charge is 2.09. The van der Waals surface area contributed by atoms with E-state index in [0.717, 1.165) is 0 Å². The fraction of sp³-hybridized carbons (Fsp3) is 0.500. The van der Waals surface area contributed by atoms with Gasteiger partial charge in [0.05, 0.1) is 31.1 Å². The normalized spacial score (nSPS) is 10.0. The lowest BCUT2D eigenvalue weighted by Crippen LogP contribution is -2.10. The lowest BCUT2D eigenvalue weighted by atomic mass is 10.3. The Labute approximate surface area is 115 Å². The molecule has 19 heavy (non-hydrogen) atoms. The Hall–Kier alpha value is -1.63. The van der Waals surface area contributed by atoms with E-state index in [0.29, 0.717) is 24.1 Å². The molecule has 0 aliphatic rings. The van der Waals surface area contributed by atoms with Crippen molar-refractivity contribution < 1.29 is 19.1 Å². The van der Waals surface area contributed by atoms with Gasteiger partial charge in [0, 0.05) is 6.20 Å². The maximum Gasteiger partial charge on any atom is 0.316 e. The fourth-order valence-electron chi connectivity index (χ4n) is 1.23. The van der Waals surface area contributed by atoms with E-state index in [-0.39, 0.29) is 24.1 Å². The van der Waals surface area contributed by atoms with Gasteiger partial charge < -0.3 is 9.47 Å². The SMILES string of the molecule is CCOC(=O)CSc1nccc(CC(=O)OCC)n1. The monoisotopic (exact) mass is 284 g/mol. The number of thioether (sulfide) groups is 1. The standard InChI is InChI=1S/C12H16N2O4S/c1-3-17-10(15)7-9-5-6-13-12(14-9)19-8-11(16)18-4-2/h5-6H,3-4,7-8H2,1-2H3. The van der Waals surface area contributed by atoms with E-state index >= 15 is 0 Å². The van der Waals surface area contributed by atoms with Crippen molar-refractivity contribution in [2.75, 3.05) is 19.0 Å². The molecule has 0 atom stereocenters. The first kappa shape index (κ1) is 15.4.